The highest BCUT2D eigenvalue weighted by molar-refractivity contribution is 5.97. The molecule has 1 amide bonds. The fourth-order valence-corrected chi connectivity index (χ4v) is 1.50. The number of amides is 1. The minimum absolute atomic E-state index is 0.0497. The molecule has 0 bridgehead atoms. The summed E-state index contributed by atoms with van der Waals surface area (Å²) < 4.78 is 0. The number of hydrogen-bond donors (Lipinski definition) is 4. The topological polar surface area (TPSA) is 95.6 Å². The molecule has 0 radical (unpaired) electrons. The molecule has 5 nitrogen and oxygen atoms in total. The summed E-state index contributed by atoms with van der Waals surface area (Å²) in [4.78, 5) is 11.7. The van der Waals surface area contributed by atoms with Crippen LogP contribution < -0.4 is 11.1 Å². The molecule has 5 heteroatoms. The zero-order chi connectivity index (χ0) is 12.8. The molecule has 0 saturated heterocycles. The number of carbonyl (C=O) groups excluding carboxylic acids is 1. The summed E-state index contributed by atoms with van der Waals surface area (Å²) in [6.45, 7) is 2.37. The van der Waals surface area contributed by atoms with Gasteiger partial charge in [-0.05, 0) is 24.6 Å². The van der Waals surface area contributed by atoms with Gasteiger partial charge in [-0.2, -0.15) is 0 Å². The Balaban J connectivity index is 2.61. The lowest BCUT2D eigenvalue weighted by Crippen LogP contribution is -2.37. The van der Waals surface area contributed by atoms with Crippen molar-refractivity contribution in [2.45, 2.75) is 25.8 Å². The van der Waals surface area contributed by atoms with Gasteiger partial charge in [-0.3, -0.25) is 4.79 Å². The van der Waals surface area contributed by atoms with E-state index in [0.717, 1.165) is 12.8 Å². The maximum atomic E-state index is 11.7. The predicted octanol–water partition coefficient (Wildman–Crippen LogP) is 0.955. The maximum Gasteiger partial charge on any atom is 0.255 e. The summed E-state index contributed by atoms with van der Waals surface area (Å²) in [5, 5.41) is 21.3. The number of phenolic OH excluding ortho intramolecular Hbond substituents is 2. The number of hydrogen-bond acceptors (Lipinski definition) is 4. The summed E-state index contributed by atoms with van der Waals surface area (Å²) >= 11 is 0. The molecule has 1 aromatic rings. The van der Waals surface area contributed by atoms with Crippen LogP contribution in [0.4, 0.5) is 0 Å². The van der Waals surface area contributed by atoms with E-state index >= 15 is 0 Å². The van der Waals surface area contributed by atoms with Gasteiger partial charge >= 0.3 is 0 Å². The lowest BCUT2D eigenvalue weighted by molar-refractivity contribution is 0.0947. The van der Waals surface area contributed by atoms with Crippen LogP contribution in [-0.2, 0) is 0 Å². The fraction of sp³-hybridized carbons (Fsp3) is 0.417. The van der Waals surface area contributed by atoms with E-state index in [1.165, 1.54) is 18.2 Å². The normalized spacial score (nSPS) is 12.1. The lowest BCUT2D eigenvalue weighted by Gasteiger charge is -2.12. The van der Waals surface area contributed by atoms with Crippen LogP contribution in [-0.4, -0.2) is 28.7 Å². The van der Waals surface area contributed by atoms with Crippen molar-refractivity contribution in [2.75, 3.05) is 6.54 Å². The van der Waals surface area contributed by atoms with E-state index in [-0.39, 0.29) is 23.1 Å². The van der Waals surface area contributed by atoms with Gasteiger partial charge in [-0.1, -0.05) is 13.3 Å². The highest BCUT2D eigenvalue weighted by atomic mass is 16.3. The van der Waals surface area contributed by atoms with E-state index in [0.29, 0.717) is 6.54 Å². The molecule has 0 fully saturated rings. The summed E-state index contributed by atoms with van der Waals surface area (Å²) in [5.41, 5.74) is 5.80. The van der Waals surface area contributed by atoms with Crippen LogP contribution >= 0.6 is 0 Å². The first-order valence-corrected chi connectivity index (χ1v) is 5.60. The first kappa shape index (κ1) is 13.3. The Labute approximate surface area is 100 Å². The van der Waals surface area contributed by atoms with Crippen molar-refractivity contribution in [3.05, 3.63) is 23.8 Å². The Bertz CT molecular complexity index is 393. The number of carbonyl (C=O) groups is 1. The summed E-state index contributed by atoms with van der Waals surface area (Å²) in [5.74, 6) is -0.667. The fourth-order valence-electron chi connectivity index (χ4n) is 1.50. The molecular weight excluding hydrogens is 220 g/mol. The van der Waals surface area contributed by atoms with Crippen LogP contribution in [0.2, 0.25) is 0 Å². The van der Waals surface area contributed by atoms with Gasteiger partial charge < -0.3 is 21.3 Å². The average Bonchev–Trinajstić information content (AvgIpc) is 2.29. The second kappa shape index (κ2) is 6.10. The second-order valence-electron chi connectivity index (χ2n) is 3.96. The molecule has 0 saturated carbocycles. The van der Waals surface area contributed by atoms with Gasteiger partial charge in [0.05, 0.1) is 5.56 Å². The maximum absolute atomic E-state index is 11.7. The molecule has 17 heavy (non-hydrogen) atoms. The van der Waals surface area contributed by atoms with E-state index in [4.69, 9.17) is 5.73 Å². The van der Waals surface area contributed by atoms with Crippen molar-refractivity contribution in [3.8, 4) is 11.5 Å². The van der Waals surface area contributed by atoms with Crippen molar-refractivity contribution < 1.29 is 15.0 Å². The quantitative estimate of drug-likeness (QED) is 0.574. The summed E-state index contributed by atoms with van der Waals surface area (Å²) in [6.07, 6.45) is 1.78. The van der Waals surface area contributed by atoms with Crippen LogP contribution in [0.25, 0.3) is 0 Å². The smallest absolute Gasteiger partial charge is 0.255 e. The van der Waals surface area contributed by atoms with Gasteiger partial charge in [0.1, 0.15) is 11.5 Å². The third kappa shape index (κ3) is 3.96. The Morgan fingerprint density at radius 2 is 2.18 bits per heavy atom. The number of aromatic hydroxyl groups is 2. The molecule has 0 spiro atoms. The van der Waals surface area contributed by atoms with Gasteiger partial charge in [-0.15, -0.1) is 0 Å². The molecular formula is C12H18N2O3. The lowest BCUT2D eigenvalue weighted by atomic mass is 10.1. The number of rotatable bonds is 5. The van der Waals surface area contributed by atoms with Gasteiger partial charge in [0.2, 0.25) is 0 Å². The standard InChI is InChI=1S/C12H18N2O3/c1-2-3-8(13)7-14-12(17)10-6-9(15)4-5-11(10)16/h4-6,8,15-16H,2-3,7,13H2,1H3,(H,14,17). The summed E-state index contributed by atoms with van der Waals surface area (Å²) in [6, 6.07) is 3.71. The molecule has 1 atom stereocenters. The van der Waals surface area contributed by atoms with Gasteiger partial charge in [0.15, 0.2) is 0 Å². The number of nitrogens with one attached hydrogen (secondary N) is 1. The predicted molar refractivity (Wildman–Crippen MR) is 65.0 cm³/mol. The molecule has 0 aliphatic heterocycles. The largest absolute Gasteiger partial charge is 0.508 e. The first-order valence-electron chi connectivity index (χ1n) is 5.60. The van der Waals surface area contributed by atoms with Crippen LogP contribution in [0.1, 0.15) is 30.1 Å². The first-order chi connectivity index (χ1) is 8.04. The molecule has 94 valence electrons. The van der Waals surface area contributed by atoms with E-state index in [9.17, 15) is 15.0 Å². The molecule has 1 unspecified atom stereocenters. The third-order valence-electron chi connectivity index (χ3n) is 2.41. The van der Waals surface area contributed by atoms with Gasteiger partial charge in [0, 0.05) is 12.6 Å². The Hall–Kier alpha value is -1.75. The Kier molecular flexibility index (Phi) is 4.78. The van der Waals surface area contributed by atoms with Crippen LogP contribution in [0.3, 0.4) is 0 Å². The highest BCUT2D eigenvalue weighted by Gasteiger charge is 2.12. The Morgan fingerprint density at radius 1 is 1.47 bits per heavy atom. The van der Waals surface area contributed by atoms with Crippen molar-refractivity contribution in [1.29, 1.82) is 0 Å². The van der Waals surface area contributed by atoms with Crippen LogP contribution in [0.15, 0.2) is 18.2 Å². The van der Waals surface area contributed by atoms with E-state index in [1.807, 2.05) is 6.92 Å². The number of nitrogens with two attached hydrogens (primary N) is 1. The monoisotopic (exact) mass is 238 g/mol. The number of benzene rings is 1. The molecule has 0 aromatic heterocycles. The van der Waals surface area contributed by atoms with Gasteiger partial charge in [-0.25, -0.2) is 0 Å². The zero-order valence-electron chi connectivity index (χ0n) is 9.81. The highest BCUT2D eigenvalue weighted by Crippen LogP contribution is 2.21. The number of phenols is 2. The molecule has 0 heterocycles. The van der Waals surface area contributed by atoms with Crippen molar-refractivity contribution in [3.63, 3.8) is 0 Å². The molecule has 5 N–H and O–H groups in total. The zero-order valence-corrected chi connectivity index (χ0v) is 9.81. The van der Waals surface area contributed by atoms with Gasteiger partial charge in [0.25, 0.3) is 5.91 Å². The van der Waals surface area contributed by atoms with Crippen molar-refractivity contribution >= 4 is 5.91 Å². The second-order valence-corrected chi connectivity index (χ2v) is 3.96. The van der Waals surface area contributed by atoms with Crippen molar-refractivity contribution in [1.82, 2.24) is 5.32 Å². The molecule has 1 rings (SSSR count). The van der Waals surface area contributed by atoms with Crippen LogP contribution in [0, 0.1) is 0 Å². The minimum atomic E-state index is -0.440. The third-order valence-corrected chi connectivity index (χ3v) is 2.41. The summed E-state index contributed by atoms with van der Waals surface area (Å²) in [7, 11) is 0. The van der Waals surface area contributed by atoms with E-state index < -0.39 is 5.91 Å². The minimum Gasteiger partial charge on any atom is -0.508 e. The van der Waals surface area contributed by atoms with Crippen molar-refractivity contribution in [2.24, 2.45) is 5.73 Å². The molecule has 0 aliphatic rings. The molecule has 1 aromatic carbocycles. The molecule has 0 aliphatic carbocycles. The van der Waals surface area contributed by atoms with E-state index in [1.54, 1.807) is 0 Å². The van der Waals surface area contributed by atoms with Crippen LogP contribution in [0.5, 0.6) is 11.5 Å². The average molecular weight is 238 g/mol. The van der Waals surface area contributed by atoms with E-state index in [2.05, 4.69) is 5.32 Å². The SMILES string of the molecule is CCCC(N)CNC(=O)c1cc(O)ccc1O. The Morgan fingerprint density at radius 3 is 2.82 bits per heavy atom.